The van der Waals surface area contributed by atoms with Gasteiger partial charge in [-0.25, -0.2) is 4.39 Å². The normalized spacial score (nSPS) is 19.6. The van der Waals surface area contributed by atoms with E-state index in [1.54, 1.807) is 13.8 Å². The Balaban J connectivity index is 2.44. The quantitative estimate of drug-likeness (QED) is 0.793. The highest BCUT2D eigenvalue weighted by atomic mass is 19.4. The first-order valence-electron chi connectivity index (χ1n) is 7.53. The zero-order chi connectivity index (χ0) is 17.7. The van der Waals surface area contributed by atoms with Crippen LogP contribution in [-0.2, 0) is 5.41 Å². The van der Waals surface area contributed by atoms with Crippen molar-refractivity contribution >= 4 is 11.4 Å². The van der Waals surface area contributed by atoms with Gasteiger partial charge in [0.2, 0.25) is 0 Å². The van der Waals surface area contributed by atoms with Gasteiger partial charge in [0, 0.05) is 17.4 Å². The zero-order valence-electron chi connectivity index (χ0n) is 13.1. The minimum absolute atomic E-state index is 0.0959. The van der Waals surface area contributed by atoms with Crippen LogP contribution >= 0.6 is 0 Å². The molecule has 0 saturated heterocycles. The van der Waals surface area contributed by atoms with E-state index in [1.165, 1.54) is 18.3 Å². The molecule has 3 nitrogen and oxygen atoms in total. The topological polar surface area (TPSA) is 44.9 Å². The largest absolute Gasteiger partial charge is 0.402 e. The van der Waals surface area contributed by atoms with Crippen molar-refractivity contribution in [2.75, 3.05) is 5.32 Å². The van der Waals surface area contributed by atoms with Gasteiger partial charge in [0.25, 0.3) is 5.56 Å². The van der Waals surface area contributed by atoms with Crippen LogP contribution in [0.3, 0.4) is 0 Å². The number of rotatable bonds is 2. The smallest absolute Gasteiger partial charge is 0.351 e. The van der Waals surface area contributed by atoms with E-state index in [9.17, 15) is 22.4 Å². The summed E-state index contributed by atoms with van der Waals surface area (Å²) in [4.78, 5) is 14.5. The maximum Gasteiger partial charge on any atom is 0.402 e. The number of hydrogen-bond donors (Lipinski definition) is 2. The first-order chi connectivity index (χ1) is 11.2. The Morgan fingerprint density at radius 2 is 1.88 bits per heavy atom. The lowest BCUT2D eigenvalue weighted by atomic mass is 9.66. The summed E-state index contributed by atoms with van der Waals surface area (Å²) in [7, 11) is 0. The molecule has 0 aliphatic carbocycles. The average molecular weight is 340 g/mol. The number of aromatic amines is 1. The summed E-state index contributed by atoms with van der Waals surface area (Å²) in [5.74, 6) is -1.07. The van der Waals surface area contributed by atoms with Gasteiger partial charge in [-0.3, -0.25) is 4.79 Å². The second kappa shape index (κ2) is 5.36. The Hall–Kier alpha value is -2.31. The van der Waals surface area contributed by atoms with E-state index in [4.69, 9.17) is 0 Å². The number of fused-ring (bicyclic) bond motifs is 2. The number of pyridine rings is 1. The number of H-pyrrole nitrogens is 1. The lowest BCUT2D eigenvalue weighted by molar-refractivity contribution is -0.182. The molecule has 1 aromatic carbocycles. The molecular formula is C17H16F4N2O. The Morgan fingerprint density at radius 3 is 2.50 bits per heavy atom. The molecule has 0 bridgehead atoms. The maximum atomic E-state index is 14.3. The van der Waals surface area contributed by atoms with Crippen molar-refractivity contribution in [1.82, 2.24) is 4.98 Å². The summed E-state index contributed by atoms with van der Waals surface area (Å²) in [6.45, 7) is 3.34. The van der Waals surface area contributed by atoms with Gasteiger partial charge in [-0.15, -0.1) is 0 Å². The molecule has 0 amide bonds. The third-order valence-electron chi connectivity index (χ3n) is 4.32. The Kier molecular flexibility index (Phi) is 3.69. The first kappa shape index (κ1) is 16.5. The van der Waals surface area contributed by atoms with Crippen molar-refractivity contribution in [3.8, 4) is 0 Å². The Labute approximate surface area is 135 Å². The van der Waals surface area contributed by atoms with Crippen molar-refractivity contribution in [3.63, 3.8) is 0 Å². The third kappa shape index (κ3) is 2.30. The van der Waals surface area contributed by atoms with Gasteiger partial charge in [-0.1, -0.05) is 13.8 Å². The second-order valence-corrected chi connectivity index (χ2v) is 6.41. The van der Waals surface area contributed by atoms with Crippen LogP contribution in [-0.4, -0.2) is 11.2 Å². The van der Waals surface area contributed by atoms with Crippen LogP contribution in [0, 0.1) is 11.7 Å². The van der Waals surface area contributed by atoms with Gasteiger partial charge in [0.05, 0.1) is 0 Å². The molecule has 1 aliphatic heterocycles. The van der Waals surface area contributed by atoms with Crippen molar-refractivity contribution in [3.05, 3.63) is 57.8 Å². The molecule has 0 radical (unpaired) electrons. The molecule has 2 aromatic rings. The molecular weight excluding hydrogens is 324 g/mol. The zero-order valence-corrected chi connectivity index (χ0v) is 13.1. The molecule has 128 valence electrons. The van der Waals surface area contributed by atoms with E-state index < -0.39 is 23.0 Å². The van der Waals surface area contributed by atoms with Crippen molar-refractivity contribution in [2.45, 2.75) is 31.9 Å². The maximum absolute atomic E-state index is 14.3. The SMILES string of the molecule is CC(C)CC1(C(F)(F)F)c2cc(F)ccc2Nc2c1cc[nH]c2=O. The molecule has 1 aromatic heterocycles. The van der Waals surface area contributed by atoms with Crippen LogP contribution < -0.4 is 10.9 Å². The van der Waals surface area contributed by atoms with Gasteiger partial charge in [0.15, 0.2) is 0 Å². The van der Waals surface area contributed by atoms with Crippen LogP contribution in [0.25, 0.3) is 0 Å². The summed E-state index contributed by atoms with van der Waals surface area (Å²) < 4.78 is 56.7. The average Bonchev–Trinajstić information content (AvgIpc) is 2.47. The Morgan fingerprint density at radius 1 is 1.17 bits per heavy atom. The second-order valence-electron chi connectivity index (χ2n) is 6.41. The van der Waals surface area contributed by atoms with Gasteiger partial charge < -0.3 is 10.3 Å². The predicted molar refractivity (Wildman–Crippen MR) is 83.0 cm³/mol. The predicted octanol–water partition coefficient (Wildman–Crippen LogP) is 4.47. The van der Waals surface area contributed by atoms with E-state index in [1.807, 2.05) is 0 Å². The van der Waals surface area contributed by atoms with Crippen molar-refractivity contribution in [1.29, 1.82) is 0 Å². The number of hydrogen-bond acceptors (Lipinski definition) is 2. The summed E-state index contributed by atoms with van der Waals surface area (Å²) >= 11 is 0. The minimum atomic E-state index is -4.69. The fraction of sp³-hybridized carbons (Fsp3) is 0.353. The number of nitrogens with one attached hydrogen (secondary N) is 2. The molecule has 3 rings (SSSR count). The fourth-order valence-corrected chi connectivity index (χ4v) is 3.47. The minimum Gasteiger partial charge on any atom is -0.351 e. The summed E-state index contributed by atoms with van der Waals surface area (Å²) in [6, 6.07) is 4.46. The summed E-state index contributed by atoms with van der Waals surface area (Å²) in [6.07, 6.45) is -3.79. The number of anilines is 2. The van der Waals surface area contributed by atoms with E-state index in [0.29, 0.717) is 0 Å². The van der Waals surface area contributed by atoms with Crippen LogP contribution in [0.15, 0.2) is 35.3 Å². The standard InChI is InChI=1S/C17H16F4N2O/c1-9(2)8-16(17(19,20)21)11-5-6-22-15(24)14(11)23-13-4-3-10(18)7-12(13)16/h3-7,9,23H,8H2,1-2H3,(H,22,24). The third-order valence-corrected chi connectivity index (χ3v) is 4.32. The monoisotopic (exact) mass is 340 g/mol. The molecule has 2 N–H and O–H groups in total. The van der Waals surface area contributed by atoms with E-state index in [2.05, 4.69) is 10.3 Å². The van der Waals surface area contributed by atoms with E-state index in [-0.39, 0.29) is 34.8 Å². The molecule has 0 fully saturated rings. The molecule has 1 aliphatic rings. The van der Waals surface area contributed by atoms with Crippen LogP contribution in [0.1, 0.15) is 31.4 Å². The van der Waals surface area contributed by atoms with Gasteiger partial charge >= 0.3 is 6.18 Å². The van der Waals surface area contributed by atoms with Crippen LogP contribution in [0.5, 0.6) is 0 Å². The highest BCUT2D eigenvalue weighted by Gasteiger charge is 2.60. The number of benzene rings is 1. The summed E-state index contributed by atoms with van der Waals surface area (Å²) in [5.41, 5.74) is -3.49. The fourth-order valence-electron chi connectivity index (χ4n) is 3.47. The molecule has 1 unspecified atom stereocenters. The molecule has 24 heavy (non-hydrogen) atoms. The number of alkyl halides is 3. The van der Waals surface area contributed by atoms with E-state index >= 15 is 0 Å². The summed E-state index contributed by atoms with van der Waals surface area (Å²) in [5, 5.41) is 2.73. The molecule has 7 heteroatoms. The van der Waals surface area contributed by atoms with Gasteiger partial charge in [-0.2, -0.15) is 13.2 Å². The molecule has 1 atom stereocenters. The highest BCUT2D eigenvalue weighted by molar-refractivity contribution is 5.75. The molecule has 2 heterocycles. The lowest BCUT2D eigenvalue weighted by Gasteiger charge is -2.43. The van der Waals surface area contributed by atoms with Gasteiger partial charge in [-0.05, 0) is 42.2 Å². The molecule has 0 spiro atoms. The van der Waals surface area contributed by atoms with Gasteiger partial charge in [0.1, 0.15) is 16.9 Å². The highest BCUT2D eigenvalue weighted by Crippen LogP contribution is 2.56. The van der Waals surface area contributed by atoms with Crippen LogP contribution in [0.2, 0.25) is 0 Å². The number of halogens is 4. The van der Waals surface area contributed by atoms with E-state index in [0.717, 1.165) is 12.1 Å². The number of aromatic nitrogens is 1. The first-order valence-corrected chi connectivity index (χ1v) is 7.53. The Bertz CT molecular complexity index is 841. The van der Waals surface area contributed by atoms with Crippen molar-refractivity contribution in [2.24, 2.45) is 5.92 Å². The van der Waals surface area contributed by atoms with Crippen molar-refractivity contribution < 1.29 is 17.6 Å². The molecule has 0 saturated carbocycles. The van der Waals surface area contributed by atoms with Crippen LogP contribution in [0.4, 0.5) is 28.9 Å². The lowest BCUT2D eigenvalue weighted by Crippen LogP contribution is -2.48.